The van der Waals surface area contributed by atoms with Gasteiger partial charge in [0.15, 0.2) is 17.4 Å². The van der Waals surface area contributed by atoms with Crippen molar-refractivity contribution in [3.05, 3.63) is 47.8 Å². The van der Waals surface area contributed by atoms with Crippen LogP contribution in [0.2, 0.25) is 0 Å². The van der Waals surface area contributed by atoms with Gasteiger partial charge in [0, 0.05) is 18.1 Å². The Morgan fingerprint density at radius 1 is 1.36 bits per heavy atom. The van der Waals surface area contributed by atoms with E-state index in [1.165, 1.54) is 0 Å². The normalized spacial score (nSPS) is 9.93. The lowest BCUT2D eigenvalue weighted by Gasteiger charge is -2.01. The molecule has 14 heavy (non-hydrogen) atoms. The lowest BCUT2D eigenvalue weighted by atomic mass is 10.1. The van der Waals surface area contributed by atoms with Crippen LogP contribution in [0.3, 0.4) is 0 Å². The quantitative estimate of drug-likeness (QED) is 0.540. The van der Waals surface area contributed by atoms with Crippen LogP contribution in [-0.4, -0.2) is 5.78 Å². The zero-order chi connectivity index (χ0) is 10.7. The molecule has 0 atom stereocenters. The van der Waals surface area contributed by atoms with E-state index in [0.29, 0.717) is 6.07 Å². The number of benzene rings is 1. The standard InChI is InChI=1S/C10H7F3O/c1-2-8(14)4-6-3-7(11)5-9(12)10(6)13/h2-3,5H,1,4H2. The van der Waals surface area contributed by atoms with Gasteiger partial charge in [-0.2, -0.15) is 0 Å². The highest BCUT2D eigenvalue weighted by molar-refractivity contribution is 5.90. The molecule has 0 heterocycles. The largest absolute Gasteiger partial charge is 0.295 e. The fourth-order valence-electron chi connectivity index (χ4n) is 0.998. The first kappa shape index (κ1) is 10.5. The summed E-state index contributed by atoms with van der Waals surface area (Å²) >= 11 is 0. The van der Waals surface area contributed by atoms with Crippen molar-refractivity contribution in [2.45, 2.75) is 6.42 Å². The Morgan fingerprint density at radius 2 is 2.00 bits per heavy atom. The molecule has 1 aromatic rings. The van der Waals surface area contributed by atoms with Gasteiger partial charge in [-0.05, 0) is 12.1 Å². The molecule has 0 radical (unpaired) electrons. The molecule has 1 rings (SSSR count). The molecule has 74 valence electrons. The summed E-state index contributed by atoms with van der Waals surface area (Å²) in [5.41, 5.74) is -0.299. The predicted molar refractivity (Wildman–Crippen MR) is 45.2 cm³/mol. The Morgan fingerprint density at radius 3 is 2.57 bits per heavy atom. The second-order valence-electron chi connectivity index (χ2n) is 2.71. The van der Waals surface area contributed by atoms with Crippen LogP contribution in [-0.2, 0) is 11.2 Å². The maximum absolute atomic E-state index is 13.0. The molecule has 1 nitrogen and oxygen atoms in total. The minimum absolute atomic E-state index is 0.299. The molecule has 0 aliphatic carbocycles. The molecule has 0 aromatic heterocycles. The number of allylic oxidation sites excluding steroid dienone is 1. The molecule has 0 aliphatic heterocycles. The van der Waals surface area contributed by atoms with Gasteiger partial charge in [-0.3, -0.25) is 4.79 Å². The van der Waals surface area contributed by atoms with Gasteiger partial charge in [-0.15, -0.1) is 0 Å². The third-order valence-corrected chi connectivity index (χ3v) is 1.66. The topological polar surface area (TPSA) is 17.1 Å². The Hall–Kier alpha value is -1.58. The predicted octanol–water partition coefficient (Wildman–Crippen LogP) is 2.40. The Bertz CT molecular complexity index is 385. The molecule has 4 heteroatoms. The van der Waals surface area contributed by atoms with Crippen molar-refractivity contribution in [2.24, 2.45) is 0 Å². The molecule has 0 spiro atoms. The van der Waals surface area contributed by atoms with Gasteiger partial charge >= 0.3 is 0 Å². The molecule has 0 saturated carbocycles. The minimum Gasteiger partial charge on any atom is -0.295 e. The van der Waals surface area contributed by atoms with E-state index >= 15 is 0 Å². The van der Waals surface area contributed by atoms with Gasteiger partial charge in [0.05, 0.1) is 0 Å². The summed E-state index contributed by atoms with van der Waals surface area (Å²) < 4.78 is 38.2. The lowest BCUT2D eigenvalue weighted by molar-refractivity contribution is -0.114. The Balaban J connectivity index is 3.07. The molecule has 0 N–H and O–H groups in total. The average molecular weight is 200 g/mol. The van der Waals surface area contributed by atoms with Gasteiger partial charge in [0.25, 0.3) is 0 Å². The summed E-state index contributed by atoms with van der Waals surface area (Å²) in [6.45, 7) is 3.17. The smallest absolute Gasteiger partial charge is 0.162 e. The van der Waals surface area contributed by atoms with E-state index in [2.05, 4.69) is 6.58 Å². The second-order valence-corrected chi connectivity index (χ2v) is 2.71. The van der Waals surface area contributed by atoms with E-state index in [9.17, 15) is 18.0 Å². The van der Waals surface area contributed by atoms with Crippen molar-refractivity contribution in [3.63, 3.8) is 0 Å². The van der Waals surface area contributed by atoms with E-state index in [-0.39, 0.29) is 12.0 Å². The van der Waals surface area contributed by atoms with Crippen LogP contribution < -0.4 is 0 Å². The summed E-state index contributed by atoms with van der Waals surface area (Å²) in [6, 6.07) is 1.22. The van der Waals surface area contributed by atoms with Gasteiger partial charge in [0.2, 0.25) is 0 Å². The van der Waals surface area contributed by atoms with Crippen molar-refractivity contribution < 1.29 is 18.0 Å². The molecule has 0 saturated heterocycles. The van der Waals surface area contributed by atoms with Crippen LogP contribution in [0.1, 0.15) is 5.56 Å². The van der Waals surface area contributed by atoms with Crippen LogP contribution in [0.25, 0.3) is 0 Å². The number of hydrogen-bond donors (Lipinski definition) is 0. The zero-order valence-electron chi connectivity index (χ0n) is 7.19. The molecule has 0 amide bonds. The van der Waals surface area contributed by atoms with E-state index in [4.69, 9.17) is 0 Å². The third kappa shape index (κ3) is 2.22. The van der Waals surface area contributed by atoms with Crippen LogP contribution in [0.4, 0.5) is 13.2 Å². The summed E-state index contributed by atoms with van der Waals surface area (Å²) in [7, 11) is 0. The Kier molecular flexibility index (Phi) is 3.06. The highest BCUT2D eigenvalue weighted by Gasteiger charge is 2.12. The molecule has 0 bridgehead atoms. The maximum Gasteiger partial charge on any atom is 0.162 e. The van der Waals surface area contributed by atoms with Gasteiger partial charge in [-0.25, -0.2) is 13.2 Å². The van der Waals surface area contributed by atoms with Gasteiger partial charge in [-0.1, -0.05) is 6.58 Å². The summed E-state index contributed by atoms with van der Waals surface area (Å²) in [4.78, 5) is 10.8. The molecule has 0 unspecified atom stereocenters. The van der Waals surface area contributed by atoms with E-state index in [1.54, 1.807) is 0 Å². The van der Waals surface area contributed by atoms with Crippen LogP contribution in [0, 0.1) is 17.5 Å². The van der Waals surface area contributed by atoms with Crippen molar-refractivity contribution in [2.75, 3.05) is 0 Å². The highest BCUT2D eigenvalue weighted by Crippen LogP contribution is 2.15. The first-order chi connectivity index (χ1) is 6.54. The van der Waals surface area contributed by atoms with Crippen molar-refractivity contribution in [1.82, 2.24) is 0 Å². The fourth-order valence-corrected chi connectivity index (χ4v) is 0.998. The molecule has 0 aliphatic rings. The molecular weight excluding hydrogens is 193 g/mol. The molecule has 0 fully saturated rings. The first-order valence-corrected chi connectivity index (χ1v) is 3.83. The second kappa shape index (κ2) is 4.09. The van der Waals surface area contributed by atoms with E-state index in [0.717, 1.165) is 12.1 Å². The Labute approximate surface area is 78.9 Å². The monoisotopic (exact) mass is 200 g/mol. The fraction of sp³-hybridized carbons (Fsp3) is 0.100. The van der Waals surface area contributed by atoms with E-state index in [1.807, 2.05) is 0 Å². The zero-order valence-corrected chi connectivity index (χ0v) is 7.19. The van der Waals surface area contributed by atoms with Crippen LogP contribution in [0.15, 0.2) is 24.8 Å². The number of ketones is 1. The number of rotatable bonds is 3. The average Bonchev–Trinajstić information content (AvgIpc) is 2.13. The lowest BCUT2D eigenvalue weighted by Crippen LogP contribution is -2.03. The van der Waals surface area contributed by atoms with Crippen molar-refractivity contribution in [3.8, 4) is 0 Å². The van der Waals surface area contributed by atoms with Gasteiger partial charge in [0.1, 0.15) is 5.82 Å². The molecule has 1 aromatic carbocycles. The van der Waals surface area contributed by atoms with E-state index < -0.39 is 23.2 Å². The number of hydrogen-bond acceptors (Lipinski definition) is 1. The number of halogens is 3. The highest BCUT2D eigenvalue weighted by atomic mass is 19.2. The van der Waals surface area contributed by atoms with Gasteiger partial charge < -0.3 is 0 Å². The third-order valence-electron chi connectivity index (χ3n) is 1.66. The number of carbonyl (C=O) groups is 1. The first-order valence-electron chi connectivity index (χ1n) is 3.83. The summed E-state index contributed by atoms with van der Waals surface area (Å²) in [5.74, 6) is -3.89. The summed E-state index contributed by atoms with van der Waals surface area (Å²) in [6.07, 6.45) is 0.590. The maximum atomic E-state index is 13.0. The minimum atomic E-state index is -1.29. The number of carbonyl (C=O) groups excluding carboxylic acids is 1. The van der Waals surface area contributed by atoms with Crippen LogP contribution >= 0.6 is 0 Å². The van der Waals surface area contributed by atoms with Crippen LogP contribution in [0.5, 0.6) is 0 Å². The summed E-state index contributed by atoms with van der Waals surface area (Å²) in [5, 5.41) is 0. The molecular formula is C10H7F3O. The van der Waals surface area contributed by atoms with Crippen molar-refractivity contribution >= 4 is 5.78 Å². The van der Waals surface area contributed by atoms with Crippen molar-refractivity contribution in [1.29, 1.82) is 0 Å². The SMILES string of the molecule is C=CC(=O)Cc1cc(F)cc(F)c1F.